The monoisotopic (exact) mass is 426 g/mol. The Labute approximate surface area is 177 Å². The first-order valence-electron chi connectivity index (χ1n) is 9.18. The highest BCUT2D eigenvalue weighted by Crippen LogP contribution is 2.37. The van der Waals surface area contributed by atoms with Crippen molar-refractivity contribution in [3.63, 3.8) is 0 Å². The number of hydrogen-bond donors (Lipinski definition) is 1. The van der Waals surface area contributed by atoms with Crippen LogP contribution in [0, 0.1) is 0 Å². The lowest BCUT2D eigenvalue weighted by molar-refractivity contribution is -0.125. The number of anilines is 2. The Bertz CT molecular complexity index is 1050. The van der Waals surface area contributed by atoms with Crippen molar-refractivity contribution in [1.82, 2.24) is 0 Å². The van der Waals surface area contributed by atoms with Crippen molar-refractivity contribution >= 4 is 46.1 Å². The number of ether oxygens (including phenoxy) is 1. The van der Waals surface area contributed by atoms with Gasteiger partial charge in [0.25, 0.3) is 5.91 Å². The van der Waals surface area contributed by atoms with E-state index in [0.29, 0.717) is 35.1 Å². The van der Waals surface area contributed by atoms with Crippen LogP contribution in [0.3, 0.4) is 0 Å². The molecule has 1 aliphatic heterocycles. The molecule has 3 aromatic rings. The number of amides is 2. The molecule has 0 saturated heterocycles. The molecule has 0 spiro atoms. The molecule has 0 aliphatic carbocycles. The zero-order valence-corrected chi connectivity index (χ0v) is 17.3. The number of carbonyl (C=O) groups is 2. The Balaban J connectivity index is 1.59. The molecule has 1 N–H and O–H groups in total. The van der Waals surface area contributed by atoms with Gasteiger partial charge in [0.05, 0.1) is 18.7 Å². The third-order valence-corrected chi connectivity index (χ3v) is 5.71. The first-order valence-corrected chi connectivity index (χ1v) is 10.4. The fourth-order valence-corrected chi connectivity index (χ4v) is 4.16. The molecule has 0 saturated carbocycles. The van der Waals surface area contributed by atoms with E-state index in [1.165, 1.54) is 0 Å². The lowest BCUT2D eigenvalue weighted by Crippen LogP contribution is -2.44. The Hall–Kier alpha value is -2.83. The summed E-state index contributed by atoms with van der Waals surface area (Å²) < 4.78 is 5.75. The smallest absolute Gasteiger partial charge is 0.268 e. The van der Waals surface area contributed by atoms with Crippen LogP contribution in [0.25, 0.3) is 0 Å². The molecule has 1 unspecified atom stereocenters. The lowest BCUT2D eigenvalue weighted by atomic mass is 10.1. The highest BCUT2D eigenvalue weighted by Gasteiger charge is 2.31. The summed E-state index contributed by atoms with van der Waals surface area (Å²) in [5.74, 6) is 0.361. The van der Waals surface area contributed by atoms with Gasteiger partial charge in [0.15, 0.2) is 6.10 Å². The quantitative estimate of drug-likeness (QED) is 0.631. The number of nitrogens with one attached hydrogen (secondary N) is 1. The van der Waals surface area contributed by atoms with Gasteiger partial charge in [0, 0.05) is 15.6 Å². The minimum Gasteiger partial charge on any atom is -0.479 e. The van der Waals surface area contributed by atoms with Crippen molar-refractivity contribution in [2.24, 2.45) is 0 Å². The molecule has 0 fully saturated rings. The van der Waals surface area contributed by atoms with E-state index < -0.39 is 6.10 Å². The molecule has 4 rings (SSSR count). The Morgan fingerprint density at radius 1 is 1.21 bits per heavy atom. The van der Waals surface area contributed by atoms with E-state index in [4.69, 9.17) is 16.3 Å². The van der Waals surface area contributed by atoms with Crippen LogP contribution in [0.15, 0.2) is 60.0 Å². The molecular formula is C22H19ClN2O3S. The average molecular weight is 427 g/mol. The van der Waals surface area contributed by atoms with Gasteiger partial charge in [-0.15, -0.1) is 11.3 Å². The van der Waals surface area contributed by atoms with Gasteiger partial charge in [-0.3, -0.25) is 9.59 Å². The van der Waals surface area contributed by atoms with Gasteiger partial charge < -0.3 is 15.0 Å². The Kier molecular flexibility index (Phi) is 5.56. The number of fused-ring (bicyclic) bond motifs is 1. The minimum atomic E-state index is -0.582. The molecule has 1 aromatic heterocycles. The maximum atomic E-state index is 12.8. The number of thiophene rings is 1. The molecule has 5 nitrogen and oxygen atoms in total. The molecule has 0 radical (unpaired) electrons. The fourth-order valence-electron chi connectivity index (χ4n) is 3.24. The van der Waals surface area contributed by atoms with E-state index >= 15 is 0 Å². The van der Waals surface area contributed by atoms with E-state index in [9.17, 15) is 9.59 Å². The first-order chi connectivity index (χ1) is 14.0. The Morgan fingerprint density at radius 2 is 2.07 bits per heavy atom. The second-order valence-corrected chi connectivity index (χ2v) is 8.27. The van der Waals surface area contributed by atoms with Gasteiger partial charge in [0.2, 0.25) is 5.91 Å². The zero-order chi connectivity index (χ0) is 20.4. The van der Waals surface area contributed by atoms with Crippen LogP contribution in [0.1, 0.15) is 17.4 Å². The van der Waals surface area contributed by atoms with Crippen molar-refractivity contribution in [1.29, 1.82) is 0 Å². The number of rotatable bonds is 5. The molecule has 2 heterocycles. The molecular weight excluding hydrogens is 408 g/mol. The summed E-state index contributed by atoms with van der Waals surface area (Å²) in [7, 11) is 0. The van der Waals surface area contributed by atoms with E-state index in [2.05, 4.69) is 5.32 Å². The molecule has 2 aromatic carbocycles. The second kappa shape index (κ2) is 8.27. The molecule has 7 heteroatoms. The lowest BCUT2D eigenvalue weighted by Gasteiger charge is -2.33. The van der Waals surface area contributed by atoms with Gasteiger partial charge in [0.1, 0.15) is 5.75 Å². The molecule has 0 bridgehead atoms. The average Bonchev–Trinajstić information content (AvgIpc) is 3.19. The van der Waals surface area contributed by atoms with Crippen LogP contribution in [-0.2, 0) is 22.6 Å². The second-order valence-electron chi connectivity index (χ2n) is 6.80. The van der Waals surface area contributed by atoms with Gasteiger partial charge in [-0.25, -0.2) is 0 Å². The number of nitrogens with zero attached hydrogens (tertiary/aromatic N) is 1. The van der Waals surface area contributed by atoms with Crippen LogP contribution in [0.5, 0.6) is 5.75 Å². The molecule has 1 atom stereocenters. The van der Waals surface area contributed by atoms with Crippen LogP contribution >= 0.6 is 22.9 Å². The van der Waals surface area contributed by atoms with Gasteiger partial charge >= 0.3 is 0 Å². The summed E-state index contributed by atoms with van der Waals surface area (Å²) >= 11 is 7.64. The zero-order valence-electron chi connectivity index (χ0n) is 15.7. The van der Waals surface area contributed by atoms with E-state index in [-0.39, 0.29) is 11.8 Å². The summed E-state index contributed by atoms with van der Waals surface area (Å²) in [5.41, 5.74) is 2.16. The van der Waals surface area contributed by atoms with Crippen LogP contribution in [-0.4, -0.2) is 17.9 Å². The van der Waals surface area contributed by atoms with E-state index in [0.717, 1.165) is 10.4 Å². The first kappa shape index (κ1) is 19.5. The predicted octanol–water partition coefficient (Wildman–Crippen LogP) is 4.90. The molecule has 2 amide bonds. The van der Waals surface area contributed by atoms with Crippen LogP contribution in [0.4, 0.5) is 11.4 Å². The van der Waals surface area contributed by atoms with Gasteiger partial charge in [-0.05, 0) is 54.3 Å². The van der Waals surface area contributed by atoms with Crippen molar-refractivity contribution in [3.05, 3.63) is 75.4 Å². The van der Waals surface area contributed by atoms with Crippen LogP contribution < -0.4 is 15.0 Å². The third kappa shape index (κ3) is 4.44. The third-order valence-electron chi connectivity index (χ3n) is 4.60. The summed E-state index contributed by atoms with van der Waals surface area (Å²) in [6, 6.07) is 16.6. The summed E-state index contributed by atoms with van der Waals surface area (Å²) in [6.45, 7) is 2.10. The Morgan fingerprint density at radius 3 is 2.83 bits per heavy atom. The van der Waals surface area contributed by atoms with Crippen molar-refractivity contribution < 1.29 is 14.3 Å². The van der Waals surface area contributed by atoms with Crippen molar-refractivity contribution in [2.45, 2.75) is 26.0 Å². The summed E-state index contributed by atoms with van der Waals surface area (Å²) in [4.78, 5) is 27.8. The number of hydrogen-bond acceptors (Lipinski definition) is 4. The minimum absolute atomic E-state index is 0.106. The van der Waals surface area contributed by atoms with E-state index in [1.807, 2.05) is 35.7 Å². The van der Waals surface area contributed by atoms with Crippen LogP contribution in [0.2, 0.25) is 5.02 Å². The topological polar surface area (TPSA) is 58.6 Å². The normalized spacial score (nSPS) is 15.6. The molecule has 148 valence electrons. The fraction of sp³-hybridized carbons (Fsp3) is 0.182. The SMILES string of the molecule is CC1Oc2ccc(NC(=O)Cc3cccs3)cc2N(Cc2cccc(Cl)c2)C1=O. The molecule has 29 heavy (non-hydrogen) atoms. The van der Waals surface area contributed by atoms with Crippen molar-refractivity contribution in [3.8, 4) is 5.75 Å². The largest absolute Gasteiger partial charge is 0.479 e. The standard InChI is InChI=1S/C22H19ClN2O3S/c1-14-22(27)25(13-15-4-2-5-16(23)10-15)19-11-17(7-8-20(19)28-14)24-21(26)12-18-6-3-9-29-18/h2-11,14H,12-13H2,1H3,(H,24,26). The summed E-state index contributed by atoms with van der Waals surface area (Å²) in [6.07, 6.45) is -0.270. The predicted molar refractivity (Wildman–Crippen MR) is 116 cm³/mol. The van der Waals surface area contributed by atoms with E-state index in [1.54, 1.807) is 47.4 Å². The maximum Gasteiger partial charge on any atom is 0.268 e. The number of benzene rings is 2. The number of carbonyl (C=O) groups excluding carboxylic acids is 2. The molecule has 1 aliphatic rings. The highest BCUT2D eigenvalue weighted by atomic mass is 35.5. The van der Waals surface area contributed by atoms with Gasteiger partial charge in [-0.1, -0.05) is 29.8 Å². The summed E-state index contributed by atoms with van der Waals surface area (Å²) in [5, 5.41) is 5.46. The van der Waals surface area contributed by atoms with Crippen molar-refractivity contribution in [2.75, 3.05) is 10.2 Å². The van der Waals surface area contributed by atoms with Gasteiger partial charge in [-0.2, -0.15) is 0 Å². The number of halogens is 1. The highest BCUT2D eigenvalue weighted by molar-refractivity contribution is 7.10. The maximum absolute atomic E-state index is 12.8.